The van der Waals surface area contributed by atoms with Crippen LogP contribution in [0.3, 0.4) is 0 Å². The summed E-state index contributed by atoms with van der Waals surface area (Å²) in [5.41, 5.74) is 1.03. The molecule has 0 spiro atoms. The second-order valence-electron chi connectivity index (χ2n) is 3.19. The maximum Gasteiger partial charge on any atom is 0.192 e. The average Bonchev–Trinajstić information content (AvgIpc) is 2.16. The minimum atomic E-state index is -1.22. The van der Waals surface area contributed by atoms with Crippen molar-refractivity contribution < 1.29 is 5.11 Å². The van der Waals surface area contributed by atoms with E-state index >= 15 is 0 Å². The number of fused-ring (bicyclic) bond motifs is 1. The Morgan fingerprint density at radius 2 is 2.07 bits per heavy atom. The van der Waals surface area contributed by atoms with Crippen molar-refractivity contribution in [1.82, 2.24) is 4.98 Å². The number of aromatic nitrogens is 1. The third kappa shape index (κ3) is 1.59. The first-order valence-corrected chi connectivity index (χ1v) is 4.78. The molecule has 71 valence electrons. The second-order valence-corrected chi connectivity index (χ2v) is 3.58. The number of hydrogen-bond donors (Lipinski definition) is 0. The Morgan fingerprint density at radius 3 is 2.79 bits per heavy atom. The lowest BCUT2D eigenvalue weighted by Crippen LogP contribution is -1.93. The fraction of sp³-hybridized carbons (Fsp3) is 0.182. The molecule has 1 heterocycles. The molecule has 1 atom stereocenters. The molecule has 1 unspecified atom stereocenters. The number of halogens is 1. The van der Waals surface area contributed by atoms with E-state index in [0.717, 1.165) is 16.6 Å². The van der Waals surface area contributed by atoms with Crippen molar-refractivity contribution in [3.05, 3.63) is 41.6 Å². The monoisotopic (exact) mass is 206 g/mol. The maximum atomic E-state index is 11.2. The number of benzene rings is 1. The van der Waals surface area contributed by atoms with E-state index in [1.54, 1.807) is 6.07 Å². The first-order valence-electron chi connectivity index (χ1n) is 4.34. The lowest BCUT2D eigenvalue weighted by atomic mass is 10.1. The Balaban J connectivity index is 2.80. The molecule has 0 aliphatic carbocycles. The number of nitrogens with zero attached hydrogens (tertiary/aromatic N) is 1. The summed E-state index contributed by atoms with van der Waals surface area (Å²) in [5, 5.41) is 12.1. The highest BCUT2D eigenvalue weighted by Crippen LogP contribution is 2.26. The zero-order chi connectivity index (χ0) is 10.1. The SMILES string of the molecule is Cc1cc(C([O])Cl)c2ccccc2n1. The number of hydrogen-bond acceptors (Lipinski definition) is 1. The third-order valence-corrected chi connectivity index (χ3v) is 2.36. The Kier molecular flexibility index (Phi) is 2.40. The molecule has 0 bridgehead atoms. The first kappa shape index (κ1) is 9.44. The summed E-state index contributed by atoms with van der Waals surface area (Å²) in [7, 11) is 0. The van der Waals surface area contributed by atoms with Gasteiger partial charge in [-0.1, -0.05) is 29.8 Å². The molecule has 0 fully saturated rings. The van der Waals surface area contributed by atoms with Gasteiger partial charge in [-0.05, 0) is 19.1 Å². The predicted molar refractivity (Wildman–Crippen MR) is 55.8 cm³/mol. The number of rotatable bonds is 1. The molecule has 1 aromatic carbocycles. The molecule has 2 nitrogen and oxygen atoms in total. The largest absolute Gasteiger partial charge is 0.253 e. The van der Waals surface area contributed by atoms with E-state index in [9.17, 15) is 5.11 Å². The molecule has 1 radical (unpaired) electrons. The Morgan fingerprint density at radius 1 is 1.36 bits per heavy atom. The van der Waals surface area contributed by atoms with Gasteiger partial charge in [0.1, 0.15) is 0 Å². The molecule has 0 saturated heterocycles. The van der Waals surface area contributed by atoms with Crippen molar-refractivity contribution in [3.63, 3.8) is 0 Å². The minimum absolute atomic E-state index is 0.606. The number of para-hydroxylation sites is 1. The van der Waals surface area contributed by atoms with Gasteiger partial charge in [-0.25, -0.2) is 5.11 Å². The van der Waals surface area contributed by atoms with Crippen LogP contribution in [0.4, 0.5) is 0 Å². The fourth-order valence-corrected chi connectivity index (χ4v) is 1.71. The summed E-state index contributed by atoms with van der Waals surface area (Å²) >= 11 is 5.57. The lowest BCUT2D eigenvalue weighted by Gasteiger charge is -2.06. The van der Waals surface area contributed by atoms with Gasteiger partial charge in [-0.2, -0.15) is 0 Å². The molecular weight excluding hydrogens is 198 g/mol. The van der Waals surface area contributed by atoms with E-state index in [-0.39, 0.29) is 0 Å². The fourth-order valence-electron chi connectivity index (χ4n) is 1.53. The summed E-state index contributed by atoms with van der Waals surface area (Å²) in [6, 6.07) is 9.26. The van der Waals surface area contributed by atoms with E-state index < -0.39 is 5.56 Å². The van der Waals surface area contributed by atoms with E-state index in [2.05, 4.69) is 4.98 Å². The summed E-state index contributed by atoms with van der Waals surface area (Å²) in [5.74, 6) is 0. The van der Waals surface area contributed by atoms with Crippen LogP contribution in [0, 0.1) is 6.92 Å². The van der Waals surface area contributed by atoms with Crippen LogP contribution in [-0.4, -0.2) is 4.98 Å². The summed E-state index contributed by atoms with van der Waals surface area (Å²) in [4.78, 5) is 4.32. The van der Waals surface area contributed by atoms with Crippen LogP contribution < -0.4 is 0 Å². The summed E-state index contributed by atoms with van der Waals surface area (Å²) < 4.78 is 0. The van der Waals surface area contributed by atoms with Crippen molar-refractivity contribution in [2.24, 2.45) is 0 Å². The molecular formula is C11H9ClNO. The maximum absolute atomic E-state index is 11.2. The molecule has 0 amide bonds. The van der Waals surface area contributed by atoms with Gasteiger partial charge in [-0.3, -0.25) is 4.98 Å². The van der Waals surface area contributed by atoms with Crippen LogP contribution >= 0.6 is 11.6 Å². The normalized spacial score (nSPS) is 13.1. The molecule has 1 aromatic heterocycles. The van der Waals surface area contributed by atoms with Gasteiger partial charge in [0.25, 0.3) is 0 Å². The van der Waals surface area contributed by atoms with Gasteiger partial charge in [-0.15, -0.1) is 0 Å². The minimum Gasteiger partial charge on any atom is -0.253 e. The van der Waals surface area contributed by atoms with E-state index in [1.807, 2.05) is 31.2 Å². The topological polar surface area (TPSA) is 32.8 Å². The van der Waals surface area contributed by atoms with E-state index in [1.165, 1.54) is 0 Å². The molecule has 14 heavy (non-hydrogen) atoms. The van der Waals surface area contributed by atoms with Crippen LogP contribution in [0.2, 0.25) is 0 Å². The van der Waals surface area contributed by atoms with Gasteiger partial charge in [0, 0.05) is 16.6 Å². The zero-order valence-electron chi connectivity index (χ0n) is 7.70. The molecule has 3 heteroatoms. The van der Waals surface area contributed by atoms with Gasteiger partial charge >= 0.3 is 0 Å². The van der Waals surface area contributed by atoms with Crippen LogP contribution in [0.25, 0.3) is 10.9 Å². The Hall–Kier alpha value is -1.12. The van der Waals surface area contributed by atoms with Crippen LogP contribution in [0.5, 0.6) is 0 Å². The zero-order valence-corrected chi connectivity index (χ0v) is 8.45. The molecule has 0 aliphatic rings. The predicted octanol–water partition coefficient (Wildman–Crippen LogP) is 3.21. The lowest BCUT2D eigenvalue weighted by molar-refractivity contribution is 0.162. The van der Waals surface area contributed by atoms with Crippen molar-refractivity contribution in [2.45, 2.75) is 12.5 Å². The van der Waals surface area contributed by atoms with Gasteiger partial charge in [0.05, 0.1) is 5.52 Å². The highest BCUT2D eigenvalue weighted by atomic mass is 35.5. The standard InChI is InChI=1S/C11H9ClNO/c1-7-6-9(11(12)14)8-4-2-3-5-10(8)13-7/h2-6,11H,1H3. The number of alkyl halides is 1. The van der Waals surface area contributed by atoms with Crippen molar-refractivity contribution in [3.8, 4) is 0 Å². The quantitative estimate of drug-likeness (QED) is 0.660. The summed E-state index contributed by atoms with van der Waals surface area (Å²) in [6.45, 7) is 1.86. The average molecular weight is 207 g/mol. The number of aryl methyl sites for hydroxylation is 1. The van der Waals surface area contributed by atoms with Gasteiger partial charge in [0.15, 0.2) is 5.56 Å². The smallest absolute Gasteiger partial charge is 0.192 e. The Bertz CT molecular complexity index is 468. The molecule has 0 aliphatic heterocycles. The first-order chi connectivity index (χ1) is 6.68. The van der Waals surface area contributed by atoms with Gasteiger partial charge < -0.3 is 0 Å². The van der Waals surface area contributed by atoms with Crippen molar-refractivity contribution in [1.29, 1.82) is 0 Å². The second kappa shape index (κ2) is 3.56. The van der Waals surface area contributed by atoms with Crippen LogP contribution in [-0.2, 0) is 5.11 Å². The molecule has 2 aromatic rings. The van der Waals surface area contributed by atoms with Crippen molar-refractivity contribution >= 4 is 22.5 Å². The van der Waals surface area contributed by atoms with E-state index in [0.29, 0.717) is 5.56 Å². The molecule has 2 rings (SSSR count). The van der Waals surface area contributed by atoms with Crippen LogP contribution in [0.15, 0.2) is 30.3 Å². The van der Waals surface area contributed by atoms with Gasteiger partial charge in [0.2, 0.25) is 0 Å². The summed E-state index contributed by atoms with van der Waals surface area (Å²) in [6.07, 6.45) is 0. The Labute approximate surface area is 87.2 Å². The highest BCUT2D eigenvalue weighted by Gasteiger charge is 2.10. The van der Waals surface area contributed by atoms with E-state index in [4.69, 9.17) is 11.6 Å². The molecule has 0 N–H and O–H groups in total. The third-order valence-electron chi connectivity index (χ3n) is 2.12. The highest BCUT2D eigenvalue weighted by molar-refractivity contribution is 6.20. The number of pyridine rings is 1. The molecule has 0 saturated carbocycles. The van der Waals surface area contributed by atoms with Crippen LogP contribution in [0.1, 0.15) is 16.8 Å². The van der Waals surface area contributed by atoms with Crippen molar-refractivity contribution in [2.75, 3.05) is 0 Å².